The molecule has 3 nitrogen and oxygen atoms in total. The molecule has 0 spiro atoms. The molecule has 0 aliphatic carbocycles. The van der Waals surface area contributed by atoms with Crippen LogP contribution in [0, 0.1) is 0 Å². The predicted molar refractivity (Wildman–Crippen MR) is 199 cm³/mol. The summed E-state index contributed by atoms with van der Waals surface area (Å²) >= 11 is 0. The quantitative estimate of drug-likeness (QED) is 0.0631. The van der Waals surface area contributed by atoms with E-state index >= 15 is 0 Å². The highest BCUT2D eigenvalue weighted by Gasteiger charge is 2.25. The molecule has 3 heteroatoms. The number of unbranched alkanes of at least 4 members (excludes halogenated alkanes) is 30. The van der Waals surface area contributed by atoms with Crippen LogP contribution in [0.5, 0.6) is 0 Å². The zero-order chi connectivity index (χ0) is 32.1. The zero-order valence-corrected chi connectivity index (χ0v) is 31.2. The van der Waals surface area contributed by atoms with E-state index in [0.29, 0.717) is 0 Å². The van der Waals surface area contributed by atoms with Crippen LogP contribution in [0.15, 0.2) is 0 Å². The minimum absolute atomic E-state index is 0.287. The Morgan fingerprint density at radius 3 is 0.800 bits per heavy atom. The van der Waals surface area contributed by atoms with Crippen molar-refractivity contribution in [3.8, 4) is 0 Å². The molecular weight excluding hydrogens is 552 g/mol. The second-order valence-electron chi connectivity index (χ2n) is 14.7. The fourth-order valence-corrected chi connectivity index (χ4v) is 6.96. The van der Waals surface area contributed by atoms with Gasteiger partial charge < -0.3 is 14.2 Å². The van der Waals surface area contributed by atoms with Crippen molar-refractivity contribution in [2.75, 3.05) is 26.4 Å². The van der Waals surface area contributed by atoms with Gasteiger partial charge in [-0.15, -0.1) is 0 Å². The van der Waals surface area contributed by atoms with Crippen molar-refractivity contribution < 1.29 is 14.2 Å². The summed E-state index contributed by atoms with van der Waals surface area (Å²) in [6.07, 6.45) is 48.1. The summed E-state index contributed by atoms with van der Waals surface area (Å²) in [7, 11) is 0. The van der Waals surface area contributed by atoms with Gasteiger partial charge in [0.2, 0.25) is 0 Å². The second kappa shape index (κ2) is 36.7. The third-order valence-electron chi connectivity index (χ3n) is 10.1. The number of hydrogen-bond acceptors (Lipinski definition) is 3. The summed E-state index contributed by atoms with van der Waals surface area (Å²) in [5.41, 5.74) is 0. The standard InChI is InChI=1S/C42H84O3/c1-3-5-7-9-11-13-15-17-19-21-23-25-27-29-31-33-37-43-39-41-35-36-42(45-41)40-44-38-34-32-30-28-26-24-22-20-18-16-14-12-10-8-6-4-2/h41-42H,3-40H2,1-2H3/t41-,42-/m0/s1. The molecule has 0 bridgehead atoms. The minimum Gasteiger partial charge on any atom is -0.379 e. The molecule has 1 aliphatic heterocycles. The van der Waals surface area contributed by atoms with Crippen LogP contribution in [0.25, 0.3) is 0 Å². The average molecular weight is 637 g/mol. The van der Waals surface area contributed by atoms with Gasteiger partial charge in [0.25, 0.3) is 0 Å². The van der Waals surface area contributed by atoms with E-state index in [1.807, 2.05) is 0 Å². The molecule has 1 fully saturated rings. The van der Waals surface area contributed by atoms with Gasteiger partial charge in [-0.05, 0) is 25.7 Å². The van der Waals surface area contributed by atoms with E-state index in [2.05, 4.69) is 13.8 Å². The third kappa shape index (κ3) is 32.2. The van der Waals surface area contributed by atoms with Gasteiger partial charge in [-0.1, -0.05) is 206 Å². The summed E-state index contributed by atoms with van der Waals surface area (Å²) in [5.74, 6) is 0. The van der Waals surface area contributed by atoms with Gasteiger partial charge in [0.1, 0.15) is 0 Å². The first kappa shape index (κ1) is 42.9. The first-order chi connectivity index (χ1) is 22.4. The van der Waals surface area contributed by atoms with E-state index in [1.54, 1.807) is 0 Å². The maximum atomic E-state index is 6.18. The predicted octanol–water partition coefficient (Wildman–Crippen LogP) is 14.1. The van der Waals surface area contributed by atoms with E-state index in [0.717, 1.165) is 39.3 Å². The fourth-order valence-electron chi connectivity index (χ4n) is 6.96. The van der Waals surface area contributed by atoms with Crippen molar-refractivity contribution >= 4 is 0 Å². The number of hydrogen-bond donors (Lipinski definition) is 0. The Bertz CT molecular complexity index is 492. The van der Waals surface area contributed by atoms with Crippen molar-refractivity contribution in [3.05, 3.63) is 0 Å². The highest BCUT2D eigenvalue weighted by molar-refractivity contribution is 4.73. The molecule has 0 aromatic carbocycles. The van der Waals surface area contributed by atoms with Crippen molar-refractivity contribution in [3.63, 3.8) is 0 Å². The van der Waals surface area contributed by atoms with Crippen LogP contribution >= 0.6 is 0 Å². The molecule has 0 amide bonds. The topological polar surface area (TPSA) is 27.7 Å². The van der Waals surface area contributed by atoms with E-state index in [1.165, 1.54) is 205 Å². The molecule has 0 saturated carbocycles. The summed E-state index contributed by atoms with van der Waals surface area (Å²) in [4.78, 5) is 0. The molecule has 0 unspecified atom stereocenters. The second-order valence-corrected chi connectivity index (χ2v) is 14.7. The molecule has 1 rings (SSSR count). The van der Waals surface area contributed by atoms with Gasteiger partial charge in [-0.3, -0.25) is 0 Å². The average Bonchev–Trinajstić information content (AvgIpc) is 3.51. The molecule has 1 heterocycles. The molecule has 270 valence electrons. The molecule has 45 heavy (non-hydrogen) atoms. The van der Waals surface area contributed by atoms with E-state index in [-0.39, 0.29) is 12.2 Å². The number of rotatable bonds is 38. The summed E-state index contributed by atoms with van der Waals surface area (Å²) in [5, 5.41) is 0. The highest BCUT2D eigenvalue weighted by atomic mass is 16.6. The van der Waals surface area contributed by atoms with Gasteiger partial charge in [0.15, 0.2) is 0 Å². The molecular formula is C42H84O3. The molecule has 0 N–H and O–H groups in total. The molecule has 0 aromatic rings. The monoisotopic (exact) mass is 637 g/mol. The summed E-state index contributed by atoms with van der Waals surface area (Å²) in [6.45, 7) is 7.95. The van der Waals surface area contributed by atoms with Crippen molar-refractivity contribution in [1.29, 1.82) is 0 Å². The van der Waals surface area contributed by atoms with Crippen molar-refractivity contribution in [2.45, 2.75) is 244 Å². The van der Waals surface area contributed by atoms with Gasteiger partial charge in [-0.2, -0.15) is 0 Å². The Morgan fingerprint density at radius 1 is 0.333 bits per heavy atom. The Balaban J connectivity index is 1.71. The maximum Gasteiger partial charge on any atom is 0.0814 e. The van der Waals surface area contributed by atoms with Crippen LogP contribution in [-0.4, -0.2) is 38.6 Å². The lowest BCUT2D eigenvalue weighted by atomic mass is 10.0. The van der Waals surface area contributed by atoms with Gasteiger partial charge in [0, 0.05) is 13.2 Å². The van der Waals surface area contributed by atoms with E-state index < -0.39 is 0 Å². The lowest BCUT2D eigenvalue weighted by Crippen LogP contribution is -2.20. The van der Waals surface area contributed by atoms with E-state index in [4.69, 9.17) is 14.2 Å². The Hall–Kier alpha value is -0.120. The fraction of sp³-hybridized carbons (Fsp3) is 1.00. The molecule has 0 aromatic heterocycles. The molecule has 2 atom stereocenters. The van der Waals surface area contributed by atoms with Crippen LogP contribution in [0.2, 0.25) is 0 Å². The molecule has 1 aliphatic rings. The van der Waals surface area contributed by atoms with Crippen LogP contribution in [-0.2, 0) is 14.2 Å². The van der Waals surface area contributed by atoms with Crippen LogP contribution in [0.4, 0.5) is 0 Å². The lowest BCUT2D eigenvalue weighted by molar-refractivity contribution is -0.0460. The normalized spacial score (nSPS) is 16.7. The van der Waals surface area contributed by atoms with Gasteiger partial charge >= 0.3 is 0 Å². The number of ether oxygens (including phenoxy) is 3. The Morgan fingerprint density at radius 2 is 0.556 bits per heavy atom. The SMILES string of the molecule is CCCCCCCCCCCCCCCCCCOC[C@@H]1CC[C@@H](COCCCCCCCCCCCCCCCCCC)O1. The maximum absolute atomic E-state index is 6.18. The van der Waals surface area contributed by atoms with Gasteiger partial charge in [-0.25, -0.2) is 0 Å². The zero-order valence-electron chi connectivity index (χ0n) is 31.2. The first-order valence-corrected chi connectivity index (χ1v) is 21.2. The minimum atomic E-state index is 0.287. The molecule has 0 radical (unpaired) electrons. The van der Waals surface area contributed by atoms with Crippen LogP contribution in [0.1, 0.15) is 232 Å². The van der Waals surface area contributed by atoms with E-state index in [9.17, 15) is 0 Å². The Kier molecular flexibility index (Phi) is 35.0. The van der Waals surface area contributed by atoms with Crippen LogP contribution < -0.4 is 0 Å². The van der Waals surface area contributed by atoms with Crippen molar-refractivity contribution in [1.82, 2.24) is 0 Å². The largest absolute Gasteiger partial charge is 0.379 e. The molecule has 1 saturated heterocycles. The smallest absolute Gasteiger partial charge is 0.0814 e. The third-order valence-corrected chi connectivity index (χ3v) is 10.1. The first-order valence-electron chi connectivity index (χ1n) is 21.2. The van der Waals surface area contributed by atoms with Crippen LogP contribution in [0.3, 0.4) is 0 Å². The van der Waals surface area contributed by atoms with Crippen molar-refractivity contribution in [2.24, 2.45) is 0 Å². The highest BCUT2D eigenvalue weighted by Crippen LogP contribution is 2.21. The lowest BCUT2D eigenvalue weighted by Gasteiger charge is -2.14. The summed E-state index contributed by atoms with van der Waals surface area (Å²) < 4.78 is 18.1. The van der Waals surface area contributed by atoms with Gasteiger partial charge in [0.05, 0.1) is 25.4 Å². The summed E-state index contributed by atoms with van der Waals surface area (Å²) in [6, 6.07) is 0. The Labute approximate surface area is 284 Å².